The third kappa shape index (κ3) is 5.68. The highest BCUT2D eigenvalue weighted by atomic mass is 19.1. The summed E-state index contributed by atoms with van der Waals surface area (Å²) in [6.07, 6.45) is 7.29. The van der Waals surface area contributed by atoms with Gasteiger partial charge in [-0.1, -0.05) is 57.9 Å². The Kier molecular flexibility index (Phi) is 7.65. The summed E-state index contributed by atoms with van der Waals surface area (Å²) in [4.78, 5) is 0. The molecule has 1 aromatic carbocycles. The standard InChI is InChI=1S/C16H24F2O/c1-2-3-4-5-6-7-8-12-15(19)16-13(17)10-9-11-14(16)18/h9-11,15,19H,2-8,12H2,1H3. The van der Waals surface area contributed by atoms with E-state index in [1.807, 2.05) is 0 Å². The summed E-state index contributed by atoms with van der Waals surface area (Å²) in [5, 5.41) is 9.84. The molecule has 1 nitrogen and oxygen atoms in total. The molecule has 0 bridgehead atoms. The smallest absolute Gasteiger partial charge is 0.131 e. The summed E-state index contributed by atoms with van der Waals surface area (Å²) >= 11 is 0. The predicted octanol–water partition coefficient (Wildman–Crippen LogP) is 5.14. The first kappa shape index (κ1) is 16.1. The van der Waals surface area contributed by atoms with Gasteiger partial charge in [-0.2, -0.15) is 0 Å². The molecule has 1 atom stereocenters. The minimum atomic E-state index is -1.03. The molecule has 0 saturated heterocycles. The maximum atomic E-state index is 13.4. The van der Waals surface area contributed by atoms with Crippen LogP contribution in [0.3, 0.4) is 0 Å². The van der Waals surface area contributed by atoms with Gasteiger partial charge in [-0.3, -0.25) is 0 Å². The van der Waals surface area contributed by atoms with Crippen molar-refractivity contribution in [2.24, 2.45) is 0 Å². The topological polar surface area (TPSA) is 20.2 Å². The van der Waals surface area contributed by atoms with E-state index in [2.05, 4.69) is 6.92 Å². The molecule has 1 aromatic rings. The van der Waals surface area contributed by atoms with Crippen molar-refractivity contribution in [2.45, 2.75) is 64.4 Å². The summed E-state index contributed by atoms with van der Waals surface area (Å²) in [6.45, 7) is 2.18. The van der Waals surface area contributed by atoms with Crippen LogP contribution in [0.25, 0.3) is 0 Å². The van der Waals surface area contributed by atoms with Gasteiger partial charge in [-0.25, -0.2) is 8.78 Å². The van der Waals surface area contributed by atoms with Crippen LogP contribution in [-0.2, 0) is 0 Å². The van der Waals surface area contributed by atoms with Gasteiger partial charge in [-0.05, 0) is 18.6 Å². The zero-order chi connectivity index (χ0) is 14.1. The van der Waals surface area contributed by atoms with Gasteiger partial charge in [0.05, 0.1) is 11.7 Å². The molecule has 0 heterocycles. The molecule has 0 spiro atoms. The molecule has 1 unspecified atom stereocenters. The van der Waals surface area contributed by atoms with Crippen LogP contribution in [0.15, 0.2) is 18.2 Å². The van der Waals surface area contributed by atoms with Crippen LogP contribution in [0.5, 0.6) is 0 Å². The van der Waals surface area contributed by atoms with Gasteiger partial charge in [-0.15, -0.1) is 0 Å². The molecule has 108 valence electrons. The van der Waals surface area contributed by atoms with Crippen LogP contribution in [0, 0.1) is 11.6 Å². The molecule has 0 amide bonds. The minimum absolute atomic E-state index is 0.187. The minimum Gasteiger partial charge on any atom is -0.388 e. The Morgan fingerprint density at radius 2 is 1.47 bits per heavy atom. The van der Waals surface area contributed by atoms with Crippen LogP contribution in [-0.4, -0.2) is 5.11 Å². The van der Waals surface area contributed by atoms with Crippen LogP contribution < -0.4 is 0 Å². The number of aliphatic hydroxyl groups is 1. The van der Waals surface area contributed by atoms with Crippen LogP contribution >= 0.6 is 0 Å². The normalized spacial score (nSPS) is 12.6. The van der Waals surface area contributed by atoms with E-state index in [4.69, 9.17) is 0 Å². The Hall–Kier alpha value is -0.960. The van der Waals surface area contributed by atoms with E-state index in [0.717, 1.165) is 19.3 Å². The first-order valence-electron chi connectivity index (χ1n) is 7.28. The molecule has 0 saturated carbocycles. The monoisotopic (exact) mass is 270 g/mol. The number of hydrogen-bond acceptors (Lipinski definition) is 1. The van der Waals surface area contributed by atoms with E-state index in [1.165, 1.54) is 43.9 Å². The second-order valence-electron chi connectivity index (χ2n) is 5.06. The van der Waals surface area contributed by atoms with E-state index >= 15 is 0 Å². The van der Waals surface area contributed by atoms with Crippen molar-refractivity contribution in [2.75, 3.05) is 0 Å². The molecule has 1 rings (SSSR count). The van der Waals surface area contributed by atoms with E-state index in [9.17, 15) is 13.9 Å². The molecule has 19 heavy (non-hydrogen) atoms. The van der Waals surface area contributed by atoms with Crippen molar-refractivity contribution in [3.8, 4) is 0 Å². The summed E-state index contributed by atoms with van der Waals surface area (Å²) in [5.41, 5.74) is -0.187. The lowest BCUT2D eigenvalue weighted by Gasteiger charge is -2.12. The lowest BCUT2D eigenvalue weighted by molar-refractivity contribution is 0.154. The second-order valence-corrected chi connectivity index (χ2v) is 5.06. The third-order valence-corrected chi connectivity index (χ3v) is 3.41. The number of rotatable bonds is 9. The van der Waals surface area contributed by atoms with E-state index in [-0.39, 0.29) is 5.56 Å². The quantitative estimate of drug-likeness (QED) is 0.616. The first-order chi connectivity index (χ1) is 9.16. The Balaban J connectivity index is 2.26. The maximum absolute atomic E-state index is 13.4. The largest absolute Gasteiger partial charge is 0.388 e. The summed E-state index contributed by atoms with van der Waals surface area (Å²) < 4.78 is 26.8. The van der Waals surface area contributed by atoms with Gasteiger partial charge in [0.25, 0.3) is 0 Å². The number of hydrogen-bond donors (Lipinski definition) is 1. The van der Waals surface area contributed by atoms with Crippen molar-refractivity contribution in [1.29, 1.82) is 0 Å². The van der Waals surface area contributed by atoms with Gasteiger partial charge in [0.1, 0.15) is 11.6 Å². The SMILES string of the molecule is CCCCCCCCCC(O)c1c(F)cccc1F. The van der Waals surface area contributed by atoms with Crippen molar-refractivity contribution in [3.05, 3.63) is 35.4 Å². The lowest BCUT2D eigenvalue weighted by atomic mass is 10.0. The fourth-order valence-electron chi connectivity index (χ4n) is 2.27. The highest BCUT2D eigenvalue weighted by Crippen LogP contribution is 2.25. The van der Waals surface area contributed by atoms with Crippen molar-refractivity contribution < 1.29 is 13.9 Å². The Bertz CT molecular complexity index is 346. The molecule has 0 aliphatic rings. The lowest BCUT2D eigenvalue weighted by Crippen LogP contribution is -2.04. The van der Waals surface area contributed by atoms with E-state index in [0.29, 0.717) is 6.42 Å². The van der Waals surface area contributed by atoms with Crippen LogP contribution in [0.2, 0.25) is 0 Å². The van der Waals surface area contributed by atoms with Gasteiger partial charge in [0.2, 0.25) is 0 Å². The van der Waals surface area contributed by atoms with E-state index < -0.39 is 17.7 Å². The zero-order valence-electron chi connectivity index (χ0n) is 11.7. The van der Waals surface area contributed by atoms with Gasteiger partial charge < -0.3 is 5.11 Å². The second kappa shape index (κ2) is 9.03. The third-order valence-electron chi connectivity index (χ3n) is 3.41. The molecule has 0 fully saturated rings. The predicted molar refractivity (Wildman–Crippen MR) is 73.9 cm³/mol. The summed E-state index contributed by atoms with van der Waals surface area (Å²) in [5.74, 6) is -1.31. The molecule has 0 aromatic heterocycles. The number of unbranched alkanes of at least 4 members (excludes halogenated alkanes) is 6. The number of benzene rings is 1. The summed E-state index contributed by atoms with van der Waals surface area (Å²) in [7, 11) is 0. The molecule has 0 aliphatic heterocycles. The van der Waals surface area contributed by atoms with Crippen molar-refractivity contribution in [3.63, 3.8) is 0 Å². The van der Waals surface area contributed by atoms with Gasteiger partial charge >= 0.3 is 0 Å². The maximum Gasteiger partial charge on any atom is 0.131 e. The highest BCUT2D eigenvalue weighted by molar-refractivity contribution is 5.21. The van der Waals surface area contributed by atoms with Gasteiger partial charge in [0.15, 0.2) is 0 Å². The average Bonchev–Trinajstić information content (AvgIpc) is 2.37. The molecule has 0 aliphatic carbocycles. The zero-order valence-corrected chi connectivity index (χ0v) is 11.7. The molecular weight excluding hydrogens is 246 g/mol. The average molecular weight is 270 g/mol. The van der Waals surface area contributed by atoms with Crippen LogP contribution in [0.4, 0.5) is 8.78 Å². The Morgan fingerprint density at radius 1 is 0.947 bits per heavy atom. The molecule has 0 radical (unpaired) electrons. The summed E-state index contributed by atoms with van der Waals surface area (Å²) in [6, 6.07) is 3.69. The first-order valence-corrected chi connectivity index (χ1v) is 7.28. The van der Waals surface area contributed by atoms with E-state index in [1.54, 1.807) is 0 Å². The van der Waals surface area contributed by atoms with Gasteiger partial charge in [0, 0.05) is 0 Å². The number of halogens is 2. The molecule has 3 heteroatoms. The Morgan fingerprint density at radius 3 is 2.05 bits per heavy atom. The number of aliphatic hydroxyl groups excluding tert-OH is 1. The fraction of sp³-hybridized carbons (Fsp3) is 0.625. The van der Waals surface area contributed by atoms with Crippen LogP contribution in [0.1, 0.15) is 70.0 Å². The molecular formula is C16H24F2O. The molecule has 1 N–H and O–H groups in total. The van der Waals surface area contributed by atoms with Crippen molar-refractivity contribution in [1.82, 2.24) is 0 Å². The Labute approximate surface area is 114 Å². The highest BCUT2D eigenvalue weighted by Gasteiger charge is 2.16. The fourth-order valence-corrected chi connectivity index (χ4v) is 2.27. The van der Waals surface area contributed by atoms with Crippen molar-refractivity contribution >= 4 is 0 Å².